The van der Waals surface area contributed by atoms with Gasteiger partial charge in [-0.25, -0.2) is 4.98 Å². The van der Waals surface area contributed by atoms with Crippen LogP contribution in [0.15, 0.2) is 60.7 Å². The van der Waals surface area contributed by atoms with Gasteiger partial charge in [-0.1, -0.05) is 99.7 Å². The van der Waals surface area contributed by atoms with Gasteiger partial charge in [0.15, 0.2) is 5.13 Å². The van der Waals surface area contributed by atoms with Crippen molar-refractivity contribution in [1.82, 2.24) is 4.98 Å². The van der Waals surface area contributed by atoms with Gasteiger partial charge in [0, 0.05) is 12.5 Å². The van der Waals surface area contributed by atoms with E-state index in [0.717, 1.165) is 21.7 Å². The number of rotatable bonds is 3. The normalized spacial score (nSPS) is 9.16. The maximum absolute atomic E-state index is 11.3. The summed E-state index contributed by atoms with van der Waals surface area (Å²) in [5.41, 5.74) is 3.05. The number of carbonyl (C=O) groups excluding carboxylic acids is 1. The monoisotopic (exact) mass is 354 g/mol. The van der Waals surface area contributed by atoms with Gasteiger partial charge in [0.25, 0.3) is 0 Å². The van der Waals surface area contributed by atoms with Crippen LogP contribution in [-0.4, -0.2) is 10.9 Å². The van der Waals surface area contributed by atoms with Crippen molar-refractivity contribution in [3.05, 3.63) is 60.7 Å². The highest BCUT2D eigenvalue weighted by atomic mass is 32.1. The van der Waals surface area contributed by atoms with Crippen LogP contribution in [0.4, 0.5) is 5.13 Å². The first-order chi connectivity index (χ1) is 12.2. The second-order valence-electron chi connectivity index (χ2n) is 4.61. The minimum Gasteiger partial charge on any atom is -0.302 e. The van der Waals surface area contributed by atoms with Crippen molar-refractivity contribution in [1.29, 1.82) is 0 Å². The first kappa shape index (κ1) is 20.6. The SMILES string of the molecule is CC.CC.CC(=O)Nc1nc(-c2ccccc2)c(-c2ccccc2)s1. The summed E-state index contributed by atoms with van der Waals surface area (Å²) in [5, 5.41) is 3.40. The molecule has 3 aromatic rings. The Balaban J connectivity index is 0.000000730. The molecular weight excluding hydrogens is 328 g/mol. The standard InChI is InChI=1S/C17H14N2OS.2C2H6/c1-12(20)18-17-19-15(13-8-4-2-5-9-13)16(21-17)14-10-6-3-7-11-14;2*1-2/h2-11H,1H3,(H,18,19,20);2*1-2H3. The number of nitrogens with one attached hydrogen (secondary N) is 1. The van der Waals surface area contributed by atoms with E-state index in [1.807, 2.05) is 76.2 Å². The predicted molar refractivity (Wildman–Crippen MR) is 110 cm³/mol. The number of nitrogens with zero attached hydrogens (tertiary/aromatic N) is 1. The molecule has 0 unspecified atom stereocenters. The lowest BCUT2D eigenvalue weighted by molar-refractivity contribution is -0.114. The third kappa shape index (κ3) is 5.84. The topological polar surface area (TPSA) is 42.0 Å². The summed E-state index contributed by atoms with van der Waals surface area (Å²) >= 11 is 1.49. The Morgan fingerprint density at radius 2 is 1.32 bits per heavy atom. The molecule has 0 aliphatic carbocycles. The molecule has 0 saturated carbocycles. The highest BCUT2D eigenvalue weighted by Gasteiger charge is 2.15. The van der Waals surface area contributed by atoms with Gasteiger partial charge in [-0.05, 0) is 5.56 Å². The molecule has 132 valence electrons. The summed E-state index contributed by atoms with van der Waals surface area (Å²) < 4.78 is 0. The van der Waals surface area contributed by atoms with Crippen molar-refractivity contribution in [3.8, 4) is 21.7 Å². The van der Waals surface area contributed by atoms with E-state index in [2.05, 4.69) is 22.4 Å². The second kappa shape index (κ2) is 11.2. The van der Waals surface area contributed by atoms with Crippen molar-refractivity contribution in [2.24, 2.45) is 0 Å². The molecular formula is C21H26N2OS. The number of hydrogen-bond acceptors (Lipinski definition) is 3. The second-order valence-corrected chi connectivity index (χ2v) is 5.61. The summed E-state index contributed by atoms with van der Waals surface area (Å²) in [6.07, 6.45) is 0. The Hall–Kier alpha value is -2.46. The van der Waals surface area contributed by atoms with Crippen molar-refractivity contribution in [2.45, 2.75) is 34.6 Å². The van der Waals surface area contributed by atoms with Crippen LogP contribution < -0.4 is 5.32 Å². The smallest absolute Gasteiger partial charge is 0.223 e. The molecule has 1 N–H and O–H groups in total. The average molecular weight is 355 g/mol. The molecule has 1 heterocycles. The molecule has 2 aromatic carbocycles. The molecule has 0 saturated heterocycles. The third-order valence-corrected chi connectivity index (χ3v) is 4.01. The Morgan fingerprint density at radius 1 is 0.840 bits per heavy atom. The largest absolute Gasteiger partial charge is 0.302 e. The van der Waals surface area contributed by atoms with E-state index in [4.69, 9.17) is 0 Å². The summed E-state index contributed by atoms with van der Waals surface area (Å²) in [6, 6.07) is 20.1. The first-order valence-corrected chi connectivity index (χ1v) is 9.45. The Kier molecular flexibility index (Phi) is 9.19. The van der Waals surface area contributed by atoms with Crippen LogP contribution in [0.5, 0.6) is 0 Å². The summed E-state index contributed by atoms with van der Waals surface area (Å²) in [5.74, 6) is -0.108. The molecule has 0 aliphatic heterocycles. The van der Waals surface area contributed by atoms with Crippen LogP contribution in [0.1, 0.15) is 34.6 Å². The van der Waals surface area contributed by atoms with E-state index in [1.54, 1.807) is 0 Å². The quantitative estimate of drug-likeness (QED) is 0.584. The molecule has 4 heteroatoms. The fourth-order valence-corrected chi connectivity index (χ4v) is 3.14. The average Bonchev–Trinajstić information content (AvgIpc) is 3.09. The van der Waals surface area contributed by atoms with Gasteiger partial charge in [-0.2, -0.15) is 0 Å². The molecule has 3 rings (SSSR count). The van der Waals surface area contributed by atoms with E-state index in [0.29, 0.717) is 5.13 Å². The van der Waals surface area contributed by atoms with Crippen LogP contribution >= 0.6 is 11.3 Å². The molecule has 25 heavy (non-hydrogen) atoms. The zero-order valence-corrected chi connectivity index (χ0v) is 16.4. The molecule has 0 aliphatic rings. The van der Waals surface area contributed by atoms with Crippen LogP contribution in [0.2, 0.25) is 0 Å². The summed E-state index contributed by atoms with van der Waals surface area (Å²) in [7, 11) is 0. The van der Waals surface area contributed by atoms with Gasteiger partial charge < -0.3 is 5.32 Å². The van der Waals surface area contributed by atoms with Gasteiger partial charge in [-0.3, -0.25) is 4.79 Å². The van der Waals surface area contributed by atoms with E-state index < -0.39 is 0 Å². The van der Waals surface area contributed by atoms with E-state index in [9.17, 15) is 4.79 Å². The van der Waals surface area contributed by atoms with Gasteiger partial charge in [0.1, 0.15) is 0 Å². The lowest BCUT2D eigenvalue weighted by Gasteiger charge is -2.02. The van der Waals surface area contributed by atoms with E-state index >= 15 is 0 Å². The lowest BCUT2D eigenvalue weighted by atomic mass is 10.1. The van der Waals surface area contributed by atoms with Crippen LogP contribution in [0.25, 0.3) is 21.7 Å². The van der Waals surface area contributed by atoms with Crippen molar-refractivity contribution in [3.63, 3.8) is 0 Å². The lowest BCUT2D eigenvalue weighted by Crippen LogP contribution is -2.04. The maximum Gasteiger partial charge on any atom is 0.223 e. The van der Waals surface area contributed by atoms with Crippen molar-refractivity contribution < 1.29 is 4.79 Å². The van der Waals surface area contributed by atoms with Gasteiger partial charge in [0.05, 0.1) is 10.6 Å². The number of amides is 1. The zero-order chi connectivity index (χ0) is 18.7. The van der Waals surface area contributed by atoms with Gasteiger partial charge in [0.2, 0.25) is 5.91 Å². The Morgan fingerprint density at radius 3 is 1.80 bits per heavy atom. The van der Waals surface area contributed by atoms with Crippen LogP contribution in [-0.2, 0) is 4.79 Å². The molecule has 0 spiro atoms. The molecule has 1 aromatic heterocycles. The predicted octanol–water partition coefficient (Wildman–Crippen LogP) is 6.49. The number of hydrogen-bond donors (Lipinski definition) is 1. The molecule has 0 bridgehead atoms. The fraction of sp³-hybridized carbons (Fsp3) is 0.238. The number of aromatic nitrogens is 1. The van der Waals surface area contributed by atoms with Gasteiger partial charge >= 0.3 is 0 Å². The fourth-order valence-electron chi connectivity index (χ4n) is 2.10. The molecule has 0 atom stereocenters. The highest BCUT2D eigenvalue weighted by molar-refractivity contribution is 7.19. The highest BCUT2D eigenvalue weighted by Crippen LogP contribution is 2.38. The van der Waals surface area contributed by atoms with Crippen molar-refractivity contribution >= 4 is 22.4 Å². The van der Waals surface area contributed by atoms with Crippen LogP contribution in [0, 0.1) is 0 Å². The summed E-state index contributed by atoms with van der Waals surface area (Å²) in [6.45, 7) is 9.49. The van der Waals surface area contributed by atoms with E-state index in [-0.39, 0.29) is 5.91 Å². The number of thiazole rings is 1. The van der Waals surface area contributed by atoms with Gasteiger partial charge in [-0.15, -0.1) is 0 Å². The zero-order valence-electron chi connectivity index (χ0n) is 15.5. The third-order valence-electron chi connectivity index (χ3n) is 2.99. The molecule has 1 amide bonds. The number of anilines is 1. The molecule has 0 radical (unpaired) electrons. The molecule has 0 fully saturated rings. The Bertz CT molecular complexity index is 695. The summed E-state index contributed by atoms with van der Waals surface area (Å²) in [4.78, 5) is 16.9. The van der Waals surface area contributed by atoms with E-state index in [1.165, 1.54) is 18.3 Å². The number of benzene rings is 2. The number of carbonyl (C=O) groups is 1. The van der Waals surface area contributed by atoms with Crippen LogP contribution in [0.3, 0.4) is 0 Å². The Labute approximate surface area is 154 Å². The minimum atomic E-state index is -0.108. The first-order valence-electron chi connectivity index (χ1n) is 8.63. The van der Waals surface area contributed by atoms with Crippen molar-refractivity contribution in [2.75, 3.05) is 5.32 Å². The minimum absolute atomic E-state index is 0.108. The maximum atomic E-state index is 11.3. The molecule has 3 nitrogen and oxygen atoms in total.